The maximum absolute atomic E-state index is 12.2. The Balaban J connectivity index is 2.18. The molecule has 1 amide bonds. The number of carbonyl (C=O) groups excluding carboxylic acids is 1. The molecule has 0 aliphatic carbocycles. The molecule has 0 spiro atoms. The first-order valence-electron chi connectivity index (χ1n) is 7.00. The number of anilines is 1. The van der Waals surface area contributed by atoms with Crippen LogP contribution in [-0.4, -0.2) is 17.0 Å². The summed E-state index contributed by atoms with van der Waals surface area (Å²) in [6, 6.07) is 12.4. The van der Waals surface area contributed by atoms with Crippen LogP contribution in [0.2, 0.25) is 10.0 Å². The van der Waals surface area contributed by atoms with E-state index < -0.39 is 5.97 Å². The van der Waals surface area contributed by atoms with Gasteiger partial charge in [0.15, 0.2) is 0 Å². The zero-order chi connectivity index (χ0) is 16.8. The molecule has 120 valence electrons. The lowest BCUT2D eigenvalue weighted by Crippen LogP contribution is -2.16. The molecule has 0 heterocycles. The van der Waals surface area contributed by atoms with Gasteiger partial charge in [-0.3, -0.25) is 9.59 Å². The van der Waals surface area contributed by atoms with Gasteiger partial charge in [-0.15, -0.1) is 0 Å². The van der Waals surface area contributed by atoms with Gasteiger partial charge in [0.2, 0.25) is 5.91 Å². The molecule has 2 aromatic carbocycles. The summed E-state index contributed by atoms with van der Waals surface area (Å²) in [6.45, 7) is 0. The summed E-state index contributed by atoms with van der Waals surface area (Å²) in [6.07, 6.45) is 0.286. The zero-order valence-corrected chi connectivity index (χ0v) is 13.7. The quantitative estimate of drug-likeness (QED) is 0.819. The highest BCUT2D eigenvalue weighted by atomic mass is 35.5. The minimum absolute atomic E-state index is 0.0310. The second-order valence-electron chi connectivity index (χ2n) is 4.98. The first-order valence-corrected chi connectivity index (χ1v) is 7.75. The molecule has 0 fully saturated rings. The van der Waals surface area contributed by atoms with Crippen molar-refractivity contribution in [2.45, 2.75) is 19.3 Å². The number of para-hydroxylation sites is 1. The van der Waals surface area contributed by atoms with Gasteiger partial charge in [0.1, 0.15) is 0 Å². The largest absolute Gasteiger partial charge is 0.481 e. The van der Waals surface area contributed by atoms with E-state index in [1.165, 1.54) is 0 Å². The Morgan fingerprint density at radius 1 is 1.04 bits per heavy atom. The number of carboxylic acids is 1. The van der Waals surface area contributed by atoms with Crippen LogP contribution in [0.1, 0.15) is 17.5 Å². The molecule has 0 saturated heterocycles. The summed E-state index contributed by atoms with van der Waals surface area (Å²) in [5, 5.41) is 12.2. The van der Waals surface area contributed by atoms with Gasteiger partial charge in [0.05, 0.1) is 16.5 Å². The lowest BCUT2D eigenvalue weighted by Gasteiger charge is -2.12. The fourth-order valence-corrected chi connectivity index (χ4v) is 2.62. The van der Waals surface area contributed by atoms with Crippen molar-refractivity contribution in [2.75, 3.05) is 5.32 Å². The number of rotatable bonds is 6. The number of hydrogen-bond acceptors (Lipinski definition) is 2. The van der Waals surface area contributed by atoms with Crippen molar-refractivity contribution in [3.05, 3.63) is 63.6 Å². The second-order valence-corrected chi connectivity index (χ2v) is 5.77. The number of hydrogen-bond donors (Lipinski definition) is 2. The van der Waals surface area contributed by atoms with Crippen molar-refractivity contribution in [1.82, 2.24) is 0 Å². The van der Waals surface area contributed by atoms with Gasteiger partial charge in [-0.1, -0.05) is 47.5 Å². The van der Waals surface area contributed by atoms with Crippen molar-refractivity contribution in [2.24, 2.45) is 0 Å². The van der Waals surface area contributed by atoms with Gasteiger partial charge in [-0.05, 0) is 35.7 Å². The number of halogens is 2. The van der Waals surface area contributed by atoms with Crippen LogP contribution in [0.4, 0.5) is 5.69 Å². The number of nitrogens with one attached hydrogen (secondary N) is 1. The monoisotopic (exact) mass is 351 g/mol. The Morgan fingerprint density at radius 3 is 2.39 bits per heavy atom. The van der Waals surface area contributed by atoms with Crippen LogP contribution in [-0.2, 0) is 22.4 Å². The Bertz CT molecular complexity index is 717. The van der Waals surface area contributed by atoms with Crippen LogP contribution in [0.5, 0.6) is 0 Å². The van der Waals surface area contributed by atoms with E-state index in [4.69, 9.17) is 28.3 Å². The summed E-state index contributed by atoms with van der Waals surface area (Å²) >= 11 is 12.2. The molecule has 0 bridgehead atoms. The molecule has 2 aromatic rings. The third-order valence-corrected chi connectivity index (χ3v) is 4.14. The van der Waals surface area contributed by atoms with E-state index in [9.17, 15) is 9.59 Å². The topological polar surface area (TPSA) is 66.4 Å². The SMILES string of the molecule is O=C(O)CCc1ccc(Cl)c(Cl)c1CC(=O)Nc1ccccc1. The second kappa shape index (κ2) is 7.99. The van der Waals surface area contributed by atoms with Crippen LogP contribution < -0.4 is 5.32 Å². The minimum atomic E-state index is -0.907. The standard InChI is InChI=1S/C17H15Cl2NO3/c18-14-8-6-11(7-9-16(22)23)13(17(14)19)10-15(21)20-12-4-2-1-3-5-12/h1-6,8H,7,9-10H2,(H,20,21)(H,22,23). The molecule has 2 rings (SSSR count). The molecular formula is C17H15Cl2NO3. The molecule has 0 radical (unpaired) electrons. The molecular weight excluding hydrogens is 337 g/mol. The lowest BCUT2D eigenvalue weighted by atomic mass is 10.00. The van der Waals surface area contributed by atoms with Gasteiger partial charge < -0.3 is 10.4 Å². The van der Waals surface area contributed by atoms with Crippen LogP contribution in [0, 0.1) is 0 Å². The molecule has 0 unspecified atom stereocenters. The van der Waals surface area contributed by atoms with Crippen LogP contribution >= 0.6 is 23.2 Å². The third-order valence-electron chi connectivity index (χ3n) is 3.30. The maximum atomic E-state index is 12.2. The van der Waals surface area contributed by atoms with E-state index in [1.807, 2.05) is 18.2 Å². The Morgan fingerprint density at radius 2 is 1.74 bits per heavy atom. The van der Waals surface area contributed by atoms with Gasteiger partial charge in [0.25, 0.3) is 0 Å². The van der Waals surface area contributed by atoms with E-state index in [0.717, 1.165) is 0 Å². The fourth-order valence-electron chi connectivity index (χ4n) is 2.19. The first-order chi connectivity index (χ1) is 11.0. The molecule has 0 saturated carbocycles. The summed E-state index contributed by atoms with van der Waals surface area (Å²) < 4.78 is 0. The van der Waals surface area contributed by atoms with E-state index in [2.05, 4.69) is 5.32 Å². The summed E-state index contributed by atoms with van der Waals surface area (Å²) in [7, 11) is 0. The molecule has 0 atom stereocenters. The van der Waals surface area contributed by atoms with Gasteiger partial charge in [-0.25, -0.2) is 0 Å². The molecule has 0 aliphatic rings. The van der Waals surface area contributed by atoms with Crippen molar-refractivity contribution in [3.63, 3.8) is 0 Å². The Kier molecular flexibility index (Phi) is 6.02. The average molecular weight is 352 g/mol. The van der Waals surface area contributed by atoms with E-state index in [-0.39, 0.29) is 23.8 Å². The molecule has 4 nitrogen and oxygen atoms in total. The van der Waals surface area contributed by atoms with Gasteiger partial charge in [-0.2, -0.15) is 0 Å². The number of aryl methyl sites for hydroxylation is 1. The van der Waals surface area contributed by atoms with Crippen molar-refractivity contribution >= 4 is 40.8 Å². The number of aliphatic carboxylic acids is 1. The smallest absolute Gasteiger partial charge is 0.303 e. The average Bonchev–Trinajstić information content (AvgIpc) is 2.52. The summed E-state index contributed by atoms with van der Waals surface area (Å²) in [4.78, 5) is 23.0. The van der Waals surface area contributed by atoms with Crippen molar-refractivity contribution in [3.8, 4) is 0 Å². The normalized spacial score (nSPS) is 10.3. The van der Waals surface area contributed by atoms with E-state index >= 15 is 0 Å². The van der Waals surface area contributed by atoms with Crippen LogP contribution in [0.3, 0.4) is 0 Å². The summed E-state index contributed by atoms with van der Waals surface area (Å²) in [5.74, 6) is -1.15. The van der Waals surface area contributed by atoms with Crippen molar-refractivity contribution in [1.29, 1.82) is 0 Å². The highest BCUT2D eigenvalue weighted by Crippen LogP contribution is 2.30. The Labute approximate surface area is 144 Å². The molecule has 6 heteroatoms. The molecule has 23 heavy (non-hydrogen) atoms. The number of benzene rings is 2. The zero-order valence-electron chi connectivity index (χ0n) is 12.2. The van der Waals surface area contributed by atoms with E-state index in [1.54, 1.807) is 24.3 Å². The number of amides is 1. The summed E-state index contributed by atoms with van der Waals surface area (Å²) in [5.41, 5.74) is 1.96. The number of carboxylic acid groups (broad SMARTS) is 1. The van der Waals surface area contributed by atoms with E-state index in [0.29, 0.717) is 28.3 Å². The predicted octanol–water partition coefficient (Wildman–Crippen LogP) is 4.19. The molecule has 0 aliphatic heterocycles. The van der Waals surface area contributed by atoms with Crippen molar-refractivity contribution < 1.29 is 14.7 Å². The minimum Gasteiger partial charge on any atom is -0.481 e. The Hall–Kier alpha value is -2.04. The fraction of sp³-hybridized carbons (Fsp3) is 0.176. The highest BCUT2D eigenvalue weighted by molar-refractivity contribution is 6.42. The van der Waals surface area contributed by atoms with Gasteiger partial charge in [0, 0.05) is 12.1 Å². The predicted molar refractivity (Wildman–Crippen MR) is 91.2 cm³/mol. The van der Waals surface area contributed by atoms with Gasteiger partial charge >= 0.3 is 5.97 Å². The first kappa shape index (κ1) is 17.3. The maximum Gasteiger partial charge on any atom is 0.303 e. The highest BCUT2D eigenvalue weighted by Gasteiger charge is 2.15. The molecule has 2 N–H and O–H groups in total. The molecule has 0 aromatic heterocycles. The third kappa shape index (κ3) is 4.98. The lowest BCUT2D eigenvalue weighted by molar-refractivity contribution is -0.136. The van der Waals surface area contributed by atoms with Crippen LogP contribution in [0.25, 0.3) is 0 Å². The van der Waals surface area contributed by atoms with Crippen LogP contribution in [0.15, 0.2) is 42.5 Å². The number of carbonyl (C=O) groups is 2.